The normalized spacial score (nSPS) is 13.6. The van der Waals surface area contributed by atoms with Gasteiger partial charge in [0.1, 0.15) is 6.04 Å². The molecule has 0 aliphatic carbocycles. The molecule has 0 fully saturated rings. The molecule has 0 heterocycles. The van der Waals surface area contributed by atoms with E-state index in [1.54, 1.807) is 32.8 Å². The molecule has 0 saturated carbocycles. The molecule has 3 amide bonds. The Hall–Kier alpha value is -2.08. The van der Waals surface area contributed by atoms with E-state index < -0.39 is 12.1 Å². The van der Waals surface area contributed by atoms with Crippen molar-refractivity contribution in [1.29, 1.82) is 0 Å². The average Bonchev–Trinajstić information content (AvgIpc) is 2.93. The molecule has 11 heteroatoms. The number of nitrogens with one attached hydrogen (secondary N) is 2. The van der Waals surface area contributed by atoms with Crippen LogP contribution in [0.25, 0.3) is 0 Å². The molecule has 0 rings (SSSR count). The molecule has 0 aliphatic rings. The number of rotatable bonds is 25. The van der Waals surface area contributed by atoms with Crippen molar-refractivity contribution in [3.63, 3.8) is 0 Å². The number of ether oxygens (including phenoxy) is 4. The van der Waals surface area contributed by atoms with Gasteiger partial charge in [-0.2, -0.15) is 0 Å². The number of hydrogen-bond acceptors (Lipinski definition) is 8. The Kier molecular flexibility index (Phi) is 22.3. The predicted molar refractivity (Wildman–Crippen MR) is 158 cm³/mol. The summed E-state index contributed by atoms with van der Waals surface area (Å²) in [5.41, 5.74) is 0. The maximum absolute atomic E-state index is 13.0. The Morgan fingerprint density at radius 1 is 0.732 bits per heavy atom. The molecule has 0 aromatic heterocycles. The Morgan fingerprint density at radius 3 is 1.80 bits per heavy atom. The van der Waals surface area contributed by atoms with Crippen LogP contribution >= 0.6 is 0 Å². The number of methoxy groups -OCH3 is 1. The summed E-state index contributed by atoms with van der Waals surface area (Å²) in [5.74, 6) is -0.771. The van der Waals surface area contributed by atoms with Crippen molar-refractivity contribution in [3.8, 4) is 0 Å². The molecule has 0 aromatic rings. The lowest BCUT2D eigenvalue weighted by molar-refractivity contribution is -0.134. The predicted octanol–water partition coefficient (Wildman–Crippen LogP) is 2.60. The van der Waals surface area contributed by atoms with E-state index in [2.05, 4.69) is 24.5 Å². The SMILES string of the molecule is CCC(C)CCN(CCC(=O)N[C@H](C(=O)N[C@@H](C)C(=O)C(C)C)C(C)C)C(=O)CCOCCOCCOCCOC. The van der Waals surface area contributed by atoms with Crippen LogP contribution in [0.1, 0.15) is 74.1 Å². The van der Waals surface area contributed by atoms with Crippen LogP contribution in [-0.2, 0) is 38.1 Å². The van der Waals surface area contributed by atoms with Gasteiger partial charge < -0.3 is 34.5 Å². The summed E-state index contributed by atoms with van der Waals surface area (Å²) < 4.78 is 21.2. The minimum atomic E-state index is -0.776. The fraction of sp³-hybridized carbons (Fsp3) is 0.867. The Labute approximate surface area is 247 Å². The lowest BCUT2D eigenvalue weighted by atomic mass is 10.00. The quantitative estimate of drug-likeness (QED) is 0.156. The molecule has 1 unspecified atom stereocenters. The second-order valence-corrected chi connectivity index (χ2v) is 11.1. The minimum Gasteiger partial charge on any atom is -0.382 e. The standard InChI is InChI=1S/C30H57N3O8/c1-9-24(6)10-13-33(27(35)12-15-39-18-19-41-21-20-40-17-16-38-8)14-11-26(34)32-28(22(2)3)30(37)31-25(7)29(36)23(4)5/h22-25,28H,9-21H2,1-8H3,(H,31,37)(H,32,34)/t24?,25-,28-/m0/s1. The third-order valence-corrected chi connectivity index (χ3v) is 6.81. The van der Waals surface area contributed by atoms with E-state index in [0.717, 1.165) is 12.8 Å². The van der Waals surface area contributed by atoms with Crippen molar-refractivity contribution in [2.75, 3.05) is 66.4 Å². The summed E-state index contributed by atoms with van der Waals surface area (Å²) in [4.78, 5) is 52.5. The average molecular weight is 588 g/mol. The van der Waals surface area contributed by atoms with E-state index in [-0.39, 0.29) is 61.3 Å². The van der Waals surface area contributed by atoms with Crippen LogP contribution in [0.4, 0.5) is 0 Å². The van der Waals surface area contributed by atoms with Crippen molar-refractivity contribution in [2.24, 2.45) is 17.8 Å². The van der Waals surface area contributed by atoms with Crippen molar-refractivity contribution in [1.82, 2.24) is 15.5 Å². The van der Waals surface area contributed by atoms with Crippen LogP contribution in [0.3, 0.4) is 0 Å². The van der Waals surface area contributed by atoms with Crippen molar-refractivity contribution in [3.05, 3.63) is 0 Å². The summed E-state index contributed by atoms with van der Waals surface area (Å²) in [6, 6.07) is -1.41. The number of Topliss-reactive ketones (excluding diaryl/α,β-unsaturated/α-hetero) is 1. The summed E-state index contributed by atoms with van der Waals surface area (Å²) >= 11 is 0. The largest absolute Gasteiger partial charge is 0.382 e. The molecule has 41 heavy (non-hydrogen) atoms. The first-order valence-electron chi connectivity index (χ1n) is 15.1. The van der Waals surface area contributed by atoms with Gasteiger partial charge in [-0.1, -0.05) is 48.0 Å². The maximum atomic E-state index is 13.0. The van der Waals surface area contributed by atoms with Gasteiger partial charge in [-0.25, -0.2) is 0 Å². The summed E-state index contributed by atoms with van der Waals surface area (Å²) in [6.07, 6.45) is 2.13. The van der Waals surface area contributed by atoms with Crippen molar-refractivity contribution >= 4 is 23.5 Å². The van der Waals surface area contributed by atoms with Crippen molar-refractivity contribution in [2.45, 2.75) is 86.2 Å². The highest BCUT2D eigenvalue weighted by molar-refractivity contribution is 5.93. The minimum absolute atomic E-state index is 0.0672. The van der Waals surface area contributed by atoms with Crippen LogP contribution in [0, 0.1) is 17.8 Å². The number of ketones is 1. The molecule has 2 N–H and O–H groups in total. The van der Waals surface area contributed by atoms with E-state index in [0.29, 0.717) is 52.1 Å². The lowest BCUT2D eigenvalue weighted by Gasteiger charge is -2.26. The number of nitrogens with zero attached hydrogens (tertiary/aromatic N) is 1. The number of carbonyl (C=O) groups excluding carboxylic acids is 4. The first kappa shape index (κ1) is 38.9. The molecule has 0 aliphatic heterocycles. The molecule has 3 atom stereocenters. The molecule has 11 nitrogen and oxygen atoms in total. The topological polar surface area (TPSA) is 133 Å². The van der Waals surface area contributed by atoms with Crippen LogP contribution in [0.15, 0.2) is 0 Å². The van der Waals surface area contributed by atoms with Gasteiger partial charge in [0.05, 0.1) is 58.7 Å². The van der Waals surface area contributed by atoms with E-state index in [1.807, 2.05) is 13.8 Å². The van der Waals surface area contributed by atoms with E-state index in [1.165, 1.54) is 0 Å². The second-order valence-electron chi connectivity index (χ2n) is 11.1. The Balaban J connectivity index is 4.73. The van der Waals surface area contributed by atoms with Crippen LogP contribution in [0.5, 0.6) is 0 Å². The fourth-order valence-corrected chi connectivity index (χ4v) is 3.83. The molecular formula is C30H57N3O8. The zero-order chi connectivity index (χ0) is 31.2. The van der Waals surface area contributed by atoms with Gasteiger partial charge in [0.25, 0.3) is 0 Å². The lowest BCUT2D eigenvalue weighted by Crippen LogP contribution is -2.53. The molecule has 0 aromatic carbocycles. The highest BCUT2D eigenvalue weighted by atomic mass is 16.6. The first-order valence-corrected chi connectivity index (χ1v) is 15.1. The van der Waals surface area contributed by atoms with Gasteiger partial charge in [-0.05, 0) is 25.2 Å². The summed E-state index contributed by atoms with van der Waals surface area (Å²) in [6.45, 7) is 17.0. The zero-order valence-electron chi connectivity index (χ0n) is 26.8. The van der Waals surface area contributed by atoms with Crippen LogP contribution < -0.4 is 10.6 Å². The van der Waals surface area contributed by atoms with Gasteiger partial charge in [0.2, 0.25) is 17.7 Å². The number of hydrogen-bond donors (Lipinski definition) is 2. The Morgan fingerprint density at radius 2 is 1.29 bits per heavy atom. The number of carbonyl (C=O) groups is 4. The van der Waals surface area contributed by atoms with E-state index in [9.17, 15) is 19.2 Å². The van der Waals surface area contributed by atoms with Gasteiger partial charge in [-0.3, -0.25) is 19.2 Å². The first-order chi connectivity index (χ1) is 19.4. The second kappa shape index (κ2) is 23.5. The van der Waals surface area contributed by atoms with Gasteiger partial charge in [-0.15, -0.1) is 0 Å². The molecule has 0 spiro atoms. The van der Waals surface area contributed by atoms with Crippen molar-refractivity contribution < 1.29 is 38.1 Å². The van der Waals surface area contributed by atoms with E-state index in [4.69, 9.17) is 18.9 Å². The highest BCUT2D eigenvalue weighted by Gasteiger charge is 2.28. The van der Waals surface area contributed by atoms with Gasteiger partial charge in [0, 0.05) is 32.5 Å². The number of amides is 3. The van der Waals surface area contributed by atoms with Crippen LogP contribution in [0.2, 0.25) is 0 Å². The maximum Gasteiger partial charge on any atom is 0.243 e. The van der Waals surface area contributed by atoms with Gasteiger partial charge in [0.15, 0.2) is 5.78 Å². The molecule has 0 bridgehead atoms. The monoisotopic (exact) mass is 587 g/mol. The third-order valence-electron chi connectivity index (χ3n) is 6.81. The summed E-state index contributed by atoms with van der Waals surface area (Å²) in [7, 11) is 1.62. The third kappa shape index (κ3) is 18.9. The van der Waals surface area contributed by atoms with Gasteiger partial charge >= 0.3 is 0 Å². The molecule has 0 radical (unpaired) electrons. The molecular weight excluding hydrogens is 530 g/mol. The Bertz CT molecular complexity index is 747. The zero-order valence-corrected chi connectivity index (χ0v) is 26.8. The van der Waals surface area contributed by atoms with E-state index >= 15 is 0 Å². The fourth-order valence-electron chi connectivity index (χ4n) is 3.83. The van der Waals surface area contributed by atoms with Crippen LogP contribution in [-0.4, -0.2) is 107 Å². The summed E-state index contributed by atoms with van der Waals surface area (Å²) in [5, 5.41) is 5.52. The smallest absolute Gasteiger partial charge is 0.243 e. The highest BCUT2D eigenvalue weighted by Crippen LogP contribution is 2.10. The molecule has 240 valence electrons. The molecule has 0 saturated heterocycles.